The number of hydrogen-bond donors (Lipinski definition) is 1. The molecule has 1 aromatic carbocycles. The summed E-state index contributed by atoms with van der Waals surface area (Å²) >= 11 is 1.54. The third-order valence-electron chi connectivity index (χ3n) is 3.43. The number of thioether (sulfide) groups is 1. The molecule has 0 bridgehead atoms. The SMILES string of the molecule is CCC(C)c1ccc(NC(=O)CSCc2ccco2)cc1. The summed E-state index contributed by atoms with van der Waals surface area (Å²) in [5.74, 6) is 2.61. The summed E-state index contributed by atoms with van der Waals surface area (Å²) in [6.07, 6.45) is 2.77. The highest BCUT2D eigenvalue weighted by molar-refractivity contribution is 7.99. The fraction of sp³-hybridized carbons (Fsp3) is 0.353. The van der Waals surface area contributed by atoms with E-state index in [9.17, 15) is 4.79 Å². The van der Waals surface area contributed by atoms with Crippen LogP contribution in [0.3, 0.4) is 0 Å². The fourth-order valence-corrected chi connectivity index (χ4v) is 2.69. The third-order valence-corrected chi connectivity index (χ3v) is 4.39. The molecule has 0 saturated heterocycles. The predicted molar refractivity (Wildman–Crippen MR) is 88.6 cm³/mol. The molecule has 1 N–H and O–H groups in total. The number of amides is 1. The van der Waals surface area contributed by atoms with Gasteiger partial charge in [-0.3, -0.25) is 4.79 Å². The molecule has 1 amide bonds. The van der Waals surface area contributed by atoms with E-state index in [4.69, 9.17) is 4.42 Å². The standard InChI is InChI=1S/C17H21NO2S/c1-3-13(2)14-6-8-15(9-7-14)18-17(19)12-21-11-16-5-4-10-20-16/h4-10,13H,3,11-12H2,1-2H3,(H,18,19). The number of rotatable bonds is 7. The average Bonchev–Trinajstić information content (AvgIpc) is 3.00. The Morgan fingerprint density at radius 1 is 1.29 bits per heavy atom. The van der Waals surface area contributed by atoms with Gasteiger partial charge in [0, 0.05) is 5.69 Å². The van der Waals surface area contributed by atoms with Crippen LogP contribution in [0.15, 0.2) is 47.1 Å². The summed E-state index contributed by atoms with van der Waals surface area (Å²) in [4.78, 5) is 11.9. The van der Waals surface area contributed by atoms with Crippen LogP contribution in [0.2, 0.25) is 0 Å². The molecule has 0 aliphatic rings. The van der Waals surface area contributed by atoms with Gasteiger partial charge in [0.05, 0.1) is 17.8 Å². The van der Waals surface area contributed by atoms with Gasteiger partial charge in [0.15, 0.2) is 0 Å². The number of nitrogens with one attached hydrogen (secondary N) is 1. The Morgan fingerprint density at radius 2 is 2.05 bits per heavy atom. The maximum Gasteiger partial charge on any atom is 0.234 e. The Bertz CT molecular complexity index is 549. The Labute approximate surface area is 130 Å². The van der Waals surface area contributed by atoms with Crippen molar-refractivity contribution >= 4 is 23.4 Å². The predicted octanol–water partition coefficient (Wildman–Crippen LogP) is 4.67. The Hall–Kier alpha value is -1.68. The van der Waals surface area contributed by atoms with Crippen LogP contribution in [0.1, 0.15) is 37.5 Å². The number of benzene rings is 1. The van der Waals surface area contributed by atoms with Crippen molar-refractivity contribution in [3.63, 3.8) is 0 Å². The maximum absolute atomic E-state index is 11.9. The van der Waals surface area contributed by atoms with E-state index >= 15 is 0 Å². The van der Waals surface area contributed by atoms with Gasteiger partial charge in [-0.15, -0.1) is 11.8 Å². The smallest absolute Gasteiger partial charge is 0.234 e. The van der Waals surface area contributed by atoms with Gasteiger partial charge in [-0.2, -0.15) is 0 Å². The first-order valence-electron chi connectivity index (χ1n) is 7.19. The van der Waals surface area contributed by atoms with E-state index < -0.39 is 0 Å². The van der Waals surface area contributed by atoms with Gasteiger partial charge in [-0.05, 0) is 42.2 Å². The van der Waals surface area contributed by atoms with E-state index in [2.05, 4.69) is 31.3 Å². The van der Waals surface area contributed by atoms with Gasteiger partial charge >= 0.3 is 0 Å². The van der Waals surface area contributed by atoms with Gasteiger partial charge in [-0.1, -0.05) is 26.0 Å². The number of carbonyl (C=O) groups excluding carboxylic acids is 1. The number of furan rings is 1. The van der Waals surface area contributed by atoms with Crippen molar-refractivity contribution in [3.8, 4) is 0 Å². The van der Waals surface area contributed by atoms with Gasteiger partial charge in [0.1, 0.15) is 5.76 Å². The normalized spacial score (nSPS) is 12.1. The lowest BCUT2D eigenvalue weighted by Crippen LogP contribution is -2.14. The molecule has 3 nitrogen and oxygen atoms in total. The average molecular weight is 303 g/mol. The first-order valence-corrected chi connectivity index (χ1v) is 8.34. The molecule has 2 aromatic rings. The molecule has 112 valence electrons. The van der Waals surface area contributed by atoms with Crippen LogP contribution >= 0.6 is 11.8 Å². The maximum atomic E-state index is 11.9. The Morgan fingerprint density at radius 3 is 2.67 bits per heavy atom. The summed E-state index contributed by atoms with van der Waals surface area (Å²) < 4.78 is 5.23. The van der Waals surface area contributed by atoms with Crippen LogP contribution in [-0.4, -0.2) is 11.7 Å². The van der Waals surface area contributed by atoms with Crippen molar-refractivity contribution in [2.24, 2.45) is 0 Å². The molecule has 1 unspecified atom stereocenters. The lowest BCUT2D eigenvalue weighted by atomic mass is 9.99. The zero-order valence-electron chi connectivity index (χ0n) is 12.5. The zero-order valence-corrected chi connectivity index (χ0v) is 13.3. The molecule has 21 heavy (non-hydrogen) atoms. The highest BCUT2D eigenvalue weighted by atomic mass is 32.2. The zero-order chi connectivity index (χ0) is 15.1. The molecule has 0 spiro atoms. The highest BCUT2D eigenvalue weighted by Gasteiger charge is 2.06. The quantitative estimate of drug-likeness (QED) is 0.808. The fourth-order valence-electron chi connectivity index (χ4n) is 1.97. The molecule has 1 atom stereocenters. The van der Waals surface area contributed by atoms with Crippen LogP contribution in [-0.2, 0) is 10.5 Å². The third kappa shape index (κ3) is 4.97. The summed E-state index contributed by atoms with van der Waals surface area (Å²) in [7, 11) is 0. The molecule has 1 heterocycles. The van der Waals surface area contributed by atoms with E-state index in [-0.39, 0.29) is 5.91 Å². The van der Waals surface area contributed by atoms with Gasteiger partial charge < -0.3 is 9.73 Å². The van der Waals surface area contributed by atoms with Crippen LogP contribution in [0, 0.1) is 0 Å². The minimum Gasteiger partial charge on any atom is -0.468 e. The van der Waals surface area contributed by atoms with E-state index in [1.807, 2.05) is 24.3 Å². The molecule has 0 radical (unpaired) electrons. The molecular formula is C17H21NO2S. The molecule has 0 aliphatic carbocycles. The summed E-state index contributed by atoms with van der Waals surface area (Å²) in [6.45, 7) is 4.38. The van der Waals surface area contributed by atoms with E-state index in [0.717, 1.165) is 17.9 Å². The van der Waals surface area contributed by atoms with Crippen LogP contribution in [0.25, 0.3) is 0 Å². The second-order valence-electron chi connectivity index (χ2n) is 5.05. The van der Waals surface area contributed by atoms with Gasteiger partial charge in [0.25, 0.3) is 0 Å². The largest absolute Gasteiger partial charge is 0.468 e. The Kier molecular flexibility index (Phi) is 5.93. The Balaban J connectivity index is 1.77. The van der Waals surface area contributed by atoms with Crippen molar-refractivity contribution in [2.45, 2.75) is 31.9 Å². The lowest BCUT2D eigenvalue weighted by molar-refractivity contribution is -0.113. The van der Waals surface area contributed by atoms with Crippen LogP contribution in [0.5, 0.6) is 0 Å². The van der Waals surface area contributed by atoms with Crippen molar-refractivity contribution < 1.29 is 9.21 Å². The summed E-state index contributed by atoms with van der Waals surface area (Å²) in [5, 5.41) is 2.92. The molecule has 0 fully saturated rings. The first kappa shape index (κ1) is 15.7. The summed E-state index contributed by atoms with van der Waals surface area (Å²) in [5.41, 5.74) is 2.16. The second kappa shape index (κ2) is 7.93. The van der Waals surface area contributed by atoms with Crippen molar-refractivity contribution in [3.05, 3.63) is 54.0 Å². The van der Waals surface area contributed by atoms with E-state index in [1.165, 1.54) is 5.56 Å². The van der Waals surface area contributed by atoms with Crippen molar-refractivity contribution in [2.75, 3.05) is 11.1 Å². The highest BCUT2D eigenvalue weighted by Crippen LogP contribution is 2.20. The number of hydrogen-bond acceptors (Lipinski definition) is 3. The molecule has 2 rings (SSSR count). The van der Waals surface area contributed by atoms with Gasteiger partial charge in [0.2, 0.25) is 5.91 Å². The van der Waals surface area contributed by atoms with Gasteiger partial charge in [-0.25, -0.2) is 0 Å². The van der Waals surface area contributed by atoms with Crippen molar-refractivity contribution in [1.82, 2.24) is 0 Å². The molecule has 0 aliphatic heterocycles. The number of carbonyl (C=O) groups is 1. The molecule has 1 aromatic heterocycles. The van der Waals surface area contributed by atoms with E-state index in [0.29, 0.717) is 17.4 Å². The van der Waals surface area contributed by atoms with Crippen molar-refractivity contribution in [1.29, 1.82) is 0 Å². The first-order chi connectivity index (χ1) is 10.2. The molecule has 4 heteroatoms. The van der Waals surface area contributed by atoms with Crippen LogP contribution < -0.4 is 5.32 Å². The summed E-state index contributed by atoms with van der Waals surface area (Å²) in [6, 6.07) is 11.9. The minimum atomic E-state index is 0.0165. The monoisotopic (exact) mass is 303 g/mol. The molecular weight excluding hydrogens is 282 g/mol. The van der Waals surface area contributed by atoms with E-state index in [1.54, 1.807) is 18.0 Å². The second-order valence-corrected chi connectivity index (χ2v) is 6.04. The lowest BCUT2D eigenvalue weighted by Gasteiger charge is -2.10. The molecule has 0 saturated carbocycles. The topological polar surface area (TPSA) is 42.2 Å². The minimum absolute atomic E-state index is 0.0165. The van der Waals surface area contributed by atoms with Crippen LogP contribution in [0.4, 0.5) is 5.69 Å². The number of anilines is 1.